The average molecular weight is 228 g/mol. The molecule has 1 amide bonds. The van der Waals surface area contributed by atoms with Gasteiger partial charge in [-0.2, -0.15) is 0 Å². The van der Waals surface area contributed by atoms with Crippen molar-refractivity contribution in [3.8, 4) is 0 Å². The molecule has 0 aliphatic carbocycles. The van der Waals surface area contributed by atoms with Gasteiger partial charge in [-0.25, -0.2) is 0 Å². The molecule has 16 heavy (non-hydrogen) atoms. The maximum Gasteiger partial charge on any atom is 0.238 e. The van der Waals surface area contributed by atoms with Crippen LogP contribution in [0.5, 0.6) is 0 Å². The predicted octanol–water partition coefficient (Wildman–Crippen LogP) is -0.786. The van der Waals surface area contributed by atoms with Crippen LogP contribution < -0.4 is 11.5 Å². The molecular weight excluding hydrogens is 204 g/mol. The van der Waals surface area contributed by atoms with E-state index >= 15 is 0 Å². The van der Waals surface area contributed by atoms with Crippen molar-refractivity contribution in [3.05, 3.63) is 0 Å². The van der Waals surface area contributed by atoms with Crippen LogP contribution in [0.4, 0.5) is 0 Å². The number of primary amides is 1. The third kappa shape index (κ3) is 2.93. The second-order valence-electron chi connectivity index (χ2n) is 5.34. The molecule has 1 fully saturated rings. The minimum absolute atomic E-state index is 0.438. The maximum absolute atomic E-state index is 11.2. The van der Waals surface area contributed by atoms with E-state index in [0.717, 1.165) is 13.1 Å². The lowest BCUT2D eigenvalue weighted by molar-refractivity contribution is -0.123. The Morgan fingerprint density at radius 1 is 1.38 bits per heavy atom. The van der Waals surface area contributed by atoms with Crippen molar-refractivity contribution in [3.63, 3.8) is 0 Å². The van der Waals surface area contributed by atoms with Gasteiger partial charge in [0.15, 0.2) is 0 Å². The molecule has 1 rings (SSSR count). The van der Waals surface area contributed by atoms with Gasteiger partial charge in [0.25, 0.3) is 0 Å². The monoisotopic (exact) mass is 228 g/mol. The average Bonchev–Trinajstić information content (AvgIpc) is 2.13. The Balaban J connectivity index is 2.60. The number of nitrogens with two attached hydrogens (primary N) is 2. The first kappa shape index (κ1) is 13.4. The van der Waals surface area contributed by atoms with E-state index in [0.29, 0.717) is 18.6 Å². The molecule has 3 atom stereocenters. The van der Waals surface area contributed by atoms with E-state index in [2.05, 4.69) is 30.7 Å². The fourth-order valence-corrected chi connectivity index (χ4v) is 2.19. The summed E-state index contributed by atoms with van der Waals surface area (Å²) in [4.78, 5) is 15.7. The topological polar surface area (TPSA) is 75.6 Å². The number of nitrogens with zero attached hydrogens (tertiary/aromatic N) is 2. The largest absolute Gasteiger partial charge is 0.368 e. The highest BCUT2D eigenvalue weighted by molar-refractivity contribution is 5.84. The summed E-state index contributed by atoms with van der Waals surface area (Å²) in [5, 5.41) is 0. The molecule has 1 aliphatic heterocycles. The Morgan fingerprint density at radius 2 is 1.81 bits per heavy atom. The first-order chi connectivity index (χ1) is 7.24. The van der Waals surface area contributed by atoms with Crippen LogP contribution in [0.15, 0.2) is 0 Å². The molecule has 1 aliphatic rings. The summed E-state index contributed by atoms with van der Waals surface area (Å²) >= 11 is 0. The van der Waals surface area contributed by atoms with E-state index in [9.17, 15) is 4.79 Å². The van der Waals surface area contributed by atoms with Crippen LogP contribution in [0.25, 0.3) is 0 Å². The van der Waals surface area contributed by atoms with Crippen LogP contribution in [0.3, 0.4) is 0 Å². The number of rotatable bonds is 3. The molecule has 5 heteroatoms. The summed E-state index contributed by atoms with van der Waals surface area (Å²) in [5.74, 6) is -0.438. The molecule has 0 spiro atoms. The fourth-order valence-electron chi connectivity index (χ4n) is 2.19. The Morgan fingerprint density at radius 3 is 2.19 bits per heavy atom. The van der Waals surface area contributed by atoms with Crippen molar-refractivity contribution >= 4 is 5.91 Å². The highest BCUT2D eigenvalue weighted by Gasteiger charge is 2.33. The van der Waals surface area contributed by atoms with Crippen molar-refractivity contribution in [1.82, 2.24) is 9.80 Å². The van der Waals surface area contributed by atoms with Gasteiger partial charge in [-0.05, 0) is 27.8 Å². The highest BCUT2D eigenvalue weighted by Crippen LogP contribution is 2.15. The number of likely N-dealkylation sites (N-methyl/N-ethyl adjacent to an activating group) is 1. The summed E-state index contributed by atoms with van der Waals surface area (Å²) in [6.07, 6.45) is 0. The number of amides is 1. The Bertz CT molecular complexity index is 255. The molecule has 3 unspecified atom stereocenters. The SMILES string of the molecule is CC1CN(CC(C)(N)C(N)=O)CC(C)N1C. The minimum atomic E-state index is -0.935. The van der Waals surface area contributed by atoms with Gasteiger partial charge in [0.2, 0.25) is 5.91 Å². The maximum atomic E-state index is 11.2. The van der Waals surface area contributed by atoms with Gasteiger partial charge >= 0.3 is 0 Å². The van der Waals surface area contributed by atoms with Crippen molar-refractivity contribution in [2.24, 2.45) is 11.5 Å². The van der Waals surface area contributed by atoms with Crippen LogP contribution in [0, 0.1) is 0 Å². The third-order valence-electron chi connectivity index (χ3n) is 3.55. The van der Waals surface area contributed by atoms with Crippen molar-refractivity contribution in [2.75, 3.05) is 26.7 Å². The van der Waals surface area contributed by atoms with Gasteiger partial charge in [0, 0.05) is 31.7 Å². The summed E-state index contributed by atoms with van der Waals surface area (Å²) in [6.45, 7) is 8.46. The van der Waals surface area contributed by atoms with Crippen LogP contribution in [0.1, 0.15) is 20.8 Å². The normalized spacial score (nSPS) is 32.3. The minimum Gasteiger partial charge on any atom is -0.368 e. The zero-order valence-corrected chi connectivity index (χ0v) is 10.7. The van der Waals surface area contributed by atoms with Gasteiger partial charge in [-0.15, -0.1) is 0 Å². The lowest BCUT2D eigenvalue weighted by Gasteiger charge is -2.44. The predicted molar refractivity (Wildman–Crippen MR) is 64.9 cm³/mol. The summed E-state index contributed by atoms with van der Waals surface area (Å²) < 4.78 is 0. The quantitative estimate of drug-likeness (QED) is 0.664. The number of carbonyl (C=O) groups excluding carboxylic acids is 1. The van der Waals surface area contributed by atoms with Crippen molar-refractivity contribution < 1.29 is 4.79 Å². The second-order valence-corrected chi connectivity index (χ2v) is 5.34. The molecule has 1 heterocycles. The Hall–Kier alpha value is -0.650. The molecular formula is C11H24N4O. The molecule has 0 aromatic carbocycles. The molecule has 0 saturated carbocycles. The Labute approximate surface area is 97.7 Å². The smallest absolute Gasteiger partial charge is 0.238 e. The first-order valence-corrected chi connectivity index (χ1v) is 5.77. The summed E-state index contributed by atoms with van der Waals surface area (Å²) in [5.41, 5.74) is 10.2. The molecule has 5 nitrogen and oxygen atoms in total. The lowest BCUT2D eigenvalue weighted by atomic mass is 10.00. The van der Waals surface area contributed by atoms with E-state index in [1.54, 1.807) is 6.92 Å². The second kappa shape index (κ2) is 4.69. The van der Waals surface area contributed by atoms with E-state index in [1.165, 1.54) is 0 Å². The molecule has 0 bridgehead atoms. The van der Waals surface area contributed by atoms with Crippen LogP contribution in [0.2, 0.25) is 0 Å². The molecule has 0 aromatic heterocycles. The zero-order valence-electron chi connectivity index (χ0n) is 10.7. The van der Waals surface area contributed by atoms with Crippen molar-refractivity contribution in [1.29, 1.82) is 0 Å². The molecule has 0 aromatic rings. The Kier molecular flexibility index (Phi) is 3.93. The van der Waals surface area contributed by atoms with Gasteiger partial charge in [-0.1, -0.05) is 0 Å². The number of carbonyl (C=O) groups is 1. The van der Waals surface area contributed by atoms with Crippen LogP contribution >= 0.6 is 0 Å². The van der Waals surface area contributed by atoms with E-state index in [1.807, 2.05) is 0 Å². The molecule has 4 N–H and O–H groups in total. The third-order valence-corrected chi connectivity index (χ3v) is 3.55. The molecule has 94 valence electrons. The van der Waals surface area contributed by atoms with Gasteiger partial charge < -0.3 is 11.5 Å². The van der Waals surface area contributed by atoms with Gasteiger partial charge in [0.05, 0.1) is 0 Å². The number of piperazine rings is 1. The van der Waals surface area contributed by atoms with E-state index in [4.69, 9.17) is 11.5 Å². The van der Waals surface area contributed by atoms with Crippen LogP contribution in [-0.2, 0) is 4.79 Å². The number of hydrogen-bond acceptors (Lipinski definition) is 4. The molecule has 0 radical (unpaired) electrons. The van der Waals surface area contributed by atoms with Gasteiger partial charge in [0.1, 0.15) is 5.54 Å². The summed E-state index contributed by atoms with van der Waals surface area (Å²) in [6, 6.07) is 0.958. The number of hydrogen-bond donors (Lipinski definition) is 2. The molecule has 1 saturated heterocycles. The van der Waals surface area contributed by atoms with E-state index < -0.39 is 11.4 Å². The highest BCUT2D eigenvalue weighted by atomic mass is 16.1. The first-order valence-electron chi connectivity index (χ1n) is 5.77. The van der Waals surface area contributed by atoms with Crippen LogP contribution in [-0.4, -0.2) is 60.0 Å². The van der Waals surface area contributed by atoms with E-state index in [-0.39, 0.29) is 0 Å². The lowest BCUT2D eigenvalue weighted by Crippen LogP contribution is -2.62. The summed E-state index contributed by atoms with van der Waals surface area (Å²) in [7, 11) is 2.13. The van der Waals surface area contributed by atoms with Gasteiger partial charge in [-0.3, -0.25) is 14.6 Å². The standard InChI is InChI=1S/C11H24N4O/c1-8-5-15(6-9(2)14(8)4)7-11(3,13)10(12)16/h8-9H,5-7,13H2,1-4H3,(H2,12,16). The zero-order chi connectivity index (χ0) is 12.5. The van der Waals surface area contributed by atoms with Crippen molar-refractivity contribution in [2.45, 2.75) is 38.4 Å². The fraction of sp³-hybridized carbons (Fsp3) is 0.909.